The molecule has 0 saturated carbocycles. The first-order valence-electron chi connectivity index (χ1n) is 8.54. The van der Waals surface area contributed by atoms with Gasteiger partial charge in [-0.3, -0.25) is 9.78 Å². The summed E-state index contributed by atoms with van der Waals surface area (Å²) in [7, 11) is 0. The van der Waals surface area contributed by atoms with Crippen molar-refractivity contribution in [2.45, 2.75) is 25.8 Å². The van der Waals surface area contributed by atoms with Crippen molar-refractivity contribution >= 4 is 5.91 Å². The van der Waals surface area contributed by atoms with Gasteiger partial charge in [0, 0.05) is 25.4 Å². The van der Waals surface area contributed by atoms with Crippen LogP contribution in [0.1, 0.15) is 23.3 Å². The quantitative estimate of drug-likeness (QED) is 0.628. The molecule has 1 amide bonds. The second-order valence-electron chi connectivity index (χ2n) is 5.99. The van der Waals surface area contributed by atoms with E-state index in [0.717, 1.165) is 17.7 Å². The number of amides is 1. The van der Waals surface area contributed by atoms with Crippen LogP contribution in [0.5, 0.6) is 0 Å². The number of aryl methyl sites for hydroxylation is 1. The fraction of sp³-hybridized carbons (Fsp3) is 0.238. The molecule has 0 spiro atoms. The van der Waals surface area contributed by atoms with Gasteiger partial charge in [0.05, 0.1) is 12.8 Å². The molecular weight excluding hydrogens is 312 g/mol. The molecule has 4 heteroatoms. The van der Waals surface area contributed by atoms with Crippen LogP contribution >= 0.6 is 0 Å². The molecule has 1 aromatic carbocycles. The molecule has 2 heterocycles. The third-order valence-electron chi connectivity index (χ3n) is 4.14. The lowest BCUT2D eigenvalue weighted by Gasteiger charge is -2.22. The highest BCUT2D eigenvalue weighted by atomic mass is 16.3. The van der Waals surface area contributed by atoms with Crippen LogP contribution in [-0.2, 0) is 24.2 Å². The summed E-state index contributed by atoms with van der Waals surface area (Å²) in [5, 5.41) is 0. The highest BCUT2D eigenvalue weighted by Gasteiger charge is 2.15. The van der Waals surface area contributed by atoms with E-state index >= 15 is 0 Å². The van der Waals surface area contributed by atoms with Gasteiger partial charge in [-0.15, -0.1) is 0 Å². The Morgan fingerprint density at radius 3 is 2.52 bits per heavy atom. The van der Waals surface area contributed by atoms with Crippen molar-refractivity contribution < 1.29 is 9.21 Å². The molecule has 0 aliphatic carbocycles. The zero-order valence-corrected chi connectivity index (χ0v) is 14.2. The van der Waals surface area contributed by atoms with Crippen LogP contribution in [0.2, 0.25) is 0 Å². The standard InChI is InChI=1S/C21H22N2O2/c24-21(11-10-19-8-4-13-22-16-19)23(17-20-9-5-15-25-20)14-12-18-6-2-1-3-7-18/h1-9,13,15-16H,10-12,14,17H2. The van der Waals surface area contributed by atoms with Crippen LogP contribution in [0.3, 0.4) is 0 Å². The van der Waals surface area contributed by atoms with Crippen LogP contribution in [-0.4, -0.2) is 22.3 Å². The number of hydrogen-bond donors (Lipinski definition) is 0. The van der Waals surface area contributed by atoms with E-state index in [9.17, 15) is 4.79 Å². The third-order valence-corrected chi connectivity index (χ3v) is 4.14. The minimum absolute atomic E-state index is 0.135. The van der Waals surface area contributed by atoms with Crippen molar-refractivity contribution in [3.05, 3.63) is 90.1 Å². The summed E-state index contributed by atoms with van der Waals surface area (Å²) >= 11 is 0. The fourth-order valence-corrected chi connectivity index (χ4v) is 2.75. The van der Waals surface area contributed by atoms with Crippen molar-refractivity contribution in [3.63, 3.8) is 0 Å². The van der Waals surface area contributed by atoms with Crippen molar-refractivity contribution in [2.24, 2.45) is 0 Å². The first-order chi connectivity index (χ1) is 12.3. The molecule has 0 N–H and O–H groups in total. The second kappa shape index (κ2) is 8.83. The number of nitrogens with zero attached hydrogens (tertiary/aromatic N) is 2. The lowest BCUT2D eigenvalue weighted by Crippen LogP contribution is -2.32. The maximum Gasteiger partial charge on any atom is 0.223 e. The van der Waals surface area contributed by atoms with Crippen LogP contribution in [0, 0.1) is 0 Å². The van der Waals surface area contributed by atoms with Crippen LogP contribution in [0.4, 0.5) is 0 Å². The zero-order chi connectivity index (χ0) is 17.3. The minimum Gasteiger partial charge on any atom is -0.467 e. The Bertz CT molecular complexity index is 755. The smallest absolute Gasteiger partial charge is 0.223 e. The predicted octanol–water partition coefficient (Wildman–Crippen LogP) is 3.88. The normalized spacial score (nSPS) is 10.6. The number of aromatic nitrogens is 1. The van der Waals surface area contributed by atoms with E-state index in [1.54, 1.807) is 12.5 Å². The van der Waals surface area contributed by atoms with Gasteiger partial charge >= 0.3 is 0 Å². The number of benzene rings is 1. The van der Waals surface area contributed by atoms with Gasteiger partial charge in [0.1, 0.15) is 5.76 Å². The summed E-state index contributed by atoms with van der Waals surface area (Å²) in [4.78, 5) is 18.7. The van der Waals surface area contributed by atoms with Crippen molar-refractivity contribution in [1.82, 2.24) is 9.88 Å². The molecule has 3 rings (SSSR count). The predicted molar refractivity (Wildman–Crippen MR) is 96.8 cm³/mol. The molecular formula is C21H22N2O2. The summed E-state index contributed by atoms with van der Waals surface area (Å²) in [5.74, 6) is 0.943. The van der Waals surface area contributed by atoms with E-state index in [0.29, 0.717) is 25.9 Å². The number of pyridine rings is 1. The van der Waals surface area contributed by atoms with E-state index in [1.807, 2.05) is 53.6 Å². The average molecular weight is 334 g/mol. The number of carbonyl (C=O) groups excluding carboxylic acids is 1. The molecule has 0 unspecified atom stereocenters. The van der Waals surface area contributed by atoms with E-state index in [4.69, 9.17) is 4.42 Å². The molecule has 0 atom stereocenters. The lowest BCUT2D eigenvalue weighted by atomic mass is 10.1. The van der Waals surface area contributed by atoms with Crippen LogP contribution in [0.15, 0.2) is 77.7 Å². The average Bonchev–Trinajstić information content (AvgIpc) is 3.18. The van der Waals surface area contributed by atoms with Crippen LogP contribution in [0.25, 0.3) is 0 Å². The minimum atomic E-state index is 0.135. The van der Waals surface area contributed by atoms with E-state index in [1.165, 1.54) is 5.56 Å². The Kier molecular flexibility index (Phi) is 5.99. The summed E-state index contributed by atoms with van der Waals surface area (Å²) < 4.78 is 5.43. The third kappa shape index (κ3) is 5.31. The van der Waals surface area contributed by atoms with Gasteiger partial charge in [0.25, 0.3) is 0 Å². The Labute approximate surface area is 148 Å². The SMILES string of the molecule is O=C(CCc1cccnc1)N(CCc1ccccc1)Cc1ccco1. The zero-order valence-electron chi connectivity index (χ0n) is 14.2. The first kappa shape index (κ1) is 17.0. The number of hydrogen-bond acceptors (Lipinski definition) is 3. The van der Waals surface area contributed by atoms with E-state index in [-0.39, 0.29) is 5.91 Å². The largest absolute Gasteiger partial charge is 0.467 e. The molecule has 0 radical (unpaired) electrons. The summed E-state index contributed by atoms with van der Waals surface area (Å²) in [6.45, 7) is 1.18. The molecule has 128 valence electrons. The molecule has 0 aliphatic heterocycles. The highest BCUT2D eigenvalue weighted by Crippen LogP contribution is 2.11. The maximum absolute atomic E-state index is 12.7. The molecule has 0 aliphatic rings. The number of carbonyl (C=O) groups is 1. The van der Waals surface area contributed by atoms with Crippen molar-refractivity contribution in [1.29, 1.82) is 0 Å². The second-order valence-corrected chi connectivity index (χ2v) is 5.99. The van der Waals surface area contributed by atoms with Gasteiger partial charge in [0.15, 0.2) is 0 Å². The van der Waals surface area contributed by atoms with Gasteiger partial charge in [0.2, 0.25) is 5.91 Å². The topological polar surface area (TPSA) is 46.3 Å². The van der Waals surface area contributed by atoms with Gasteiger partial charge in [-0.25, -0.2) is 0 Å². The number of furan rings is 1. The van der Waals surface area contributed by atoms with Gasteiger partial charge in [-0.1, -0.05) is 36.4 Å². The summed E-state index contributed by atoms with van der Waals surface area (Å²) in [6, 6.07) is 17.9. The summed E-state index contributed by atoms with van der Waals surface area (Å²) in [5.41, 5.74) is 2.31. The maximum atomic E-state index is 12.7. The summed E-state index contributed by atoms with van der Waals surface area (Å²) in [6.07, 6.45) is 7.21. The van der Waals surface area contributed by atoms with E-state index < -0.39 is 0 Å². The lowest BCUT2D eigenvalue weighted by molar-refractivity contribution is -0.132. The van der Waals surface area contributed by atoms with Gasteiger partial charge in [-0.2, -0.15) is 0 Å². The number of rotatable bonds is 8. The van der Waals surface area contributed by atoms with Gasteiger partial charge < -0.3 is 9.32 Å². The van der Waals surface area contributed by atoms with E-state index in [2.05, 4.69) is 17.1 Å². The highest BCUT2D eigenvalue weighted by molar-refractivity contribution is 5.76. The Balaban J connectivity index is 1.61. The molecule has 0 saturated heterocycles. The molecule has 0 bridgehead atoms. The molecule has 4 nitrogen and oxygen atoms in total. The van der Waals surface area contributed by atoms with Crippen LogP contribution < -0.4 is 0 Å². The monoisotopic (exact) mass is 334 g/mol. The Morgan fingerprint density at radius 2 is 1.80 bits per heavy atom. The van der Waals surface area contributed by atoms with Gasteiger partial charge in [-0.05, 0) is 42.2 Å². The Hall–Kier alpha value is -2.88. The fourth-order valence-electron chi connectivity index (χ4n) is 2.75. The first-order valence-corrected chi connectivity index (χ1v) is 8.54. The van der Waals surface area contributed by atoms with Crippen molar-refractivity contribution in [3.8, 4) is 0 Å². The Morgan fingerprint density at radius 1 is 0.960 bits per heavy atom. The molecule has 2 aromatic heterocycles. The molecule has 0 fully saturated rings. The van der Waals surface area contributed by atoms with Crippen molar-refractivity contribution in [2.75, 3.05) is 6.54 Å². The molecule has 25 heavy (non-hydrogen) atoms. The molecule has 3 aromatic rings.